The number of hydrogen-bond donors (Lipinski definition) is 1. The summed E-state index contributed by atoms with van der Waals surface area (Å²) in [5, 5.41) is 11.2. The van der Waals surface area contributed by atoms with Gasteiger partial charge in [0, 0.05) is 15.6 Å². The van der Waals surface area contributed by atoms with E-state index in [-0.39, 0.29) is 0 Å². The van der Waals surface area contributed by atoms with Gasteiger partial charge in [-0.2, -0.15) is 10.1 Å². The van der Waals surface area contributed by atoms with Crippen molar-refractivity contribution in [3.8, 4) is 39.8 Å². The maximum Gasteiger partial charge on any atom is 0.262 e. The molecule has 2 aromatic heterocycles. The fourth-order valence-corrected chi connectivity index (χ4v) is 2.76. The molecule has 7 heteroatoms. The molecular formula is C18H13BrN4O2. The number of H-pyrrole nitrogens is 1. The van der Waals surface area contributed by atoms with E-state index in [9.17, 15) is 0 Å². The van der Waals surface area contributed by atoms with E-state index in [0.717, 1.165) is 32.6 Å². The van der Waals surface area contributed by atoms with Crippen LogP contribution in [0.3, 0.4) is 0 Å². The number of benzene rings is 2. The maximum atomic E-state index is 5.45. The Hall–Kier alpha value is -2.93. The first-order valence-corrected chi connectivity index (χ1v) is 8.32. The fraction of sp³-hybridized carbons (Fsp3) is 0.0556. The Labute approximate surface area is 152 Å². The van der Waals surface area contributed by atoms with E-state index in [1.54, 1.807) is 13.3 Å². The van der Waals surface area contributed by atoms with Gasteiger partial charge in [-0.05, 0) is 36.4 Å². The molecule has 0 fully saturated rings. The third-order valence-electron chi connectivity index (χ3n) is 3.76. The van der Waals surface area contributed by atoms with Crippen molar-refractivity contribution in [1.29, 1.82) is 0 Å². The second-order valence-corrected chi connectivity index (χ2v) is 6.24. The number of aromatic nitrogens is 4. The van der Waals surface area contributed by atoms with Gasteiger partial charge in [0.25, 0.3) is 5.89 Å². The van der Waals surface area contributed by atoms with Crippen molar-refractivity contribution in [3.05, 3.63) is 59.2 Å². The SMILES string of the molecule is COc1cccc(-c2[nH]ncc2-c2nc(-c3ccc(Br)cc3)no2)c1. The summed E-state index contributed by atoms with van der Waals surface area (Å²) in [7, 11) is 1.63. The Morgan fingerprint density at radius 2 is 1.92 bits per heavy atom. The highest BCUT2D eigenvalue weighted by Gasteiger charge is 2.17. The number of aromatic amines is 1. The Morgan fingerprint density at radius 3 is 2.72 bits per heavy atom. The minimum absolute atomic E-state index is 0.407. The quantitative estimate of drug-likeness (QED) is 0.546. The van der Waals surface area contributed by atoms with Crippen LogP contribution < -0.4 is 4.74 Å². The summed E-state index contributed by atoms with van der Waals surface area (Å²) in [6, 6.07) is 15.4. The lowest BCUT2D eigenvalue weighted by Gasteiger charge is -2.03. The van der Waals surface area contributed by atoms with Crippen LogP contribution in [-0.4, -0.2) is 27.4 Å². The molecule has 0 atom stereocenters. The van der Waals surface area contributed by atoms with Crippen LogP contribution in [-0.2, 0) is 0 Å². The Bertz CT molecular complexity index is 1010. The number of methoxy groups -OCH3 is 1. The first-order valence-electron chi connectivity index (χ1n) is 7.52. The van der Waals surface area contributed by atoms with Crippen LogP contribution in [0.4, 0.5) is 0 Å². The number of ether oxygens (including phenoxy) is 1. The second kappa shape index (κ2) is 6.52. The number of hydrogen-bond acceptors (Lipinski definition) is 5. The number of nitrogens with zero attached hydrogens (tertiary/aromatic N) is 3. The van der Waals surface area contributed by atoms with E-state index >= 15 is 0 Å². The maximum absolute atomic E-state index is 5.45. The van der Waals surface area contributed by atoms with Gasteiger partial charge >= 0.3 is 0 Å². The minimum Gasteiger partial charge on any atom is -0.497 e. The zero-order valence-electron chi connectivity index (χ0n) is 13.2. The van der Waals surface area contributed by atoms with Crippen molar-refractivity contribution >= 4 is 15.9 Å². The van der Waals surface area contributed by atoms with Crippen molar-refractivity contribution in [1.82, 2.24) is 20.3 Å². The largest absolute Gasteiger partial charge is 0.497 e. The Morgan fingerprint density at radius 1 is 1.08 bits per heavy atom. The normalized spacial score (nSPS) is 10.8. The van der Waals surface area contributed by atoms with Gasteiger partial charge < -0.3 is 9.26 Å². The highest BCUT2D eigenvalue weighted by atomic mass is 79.9. The van der Waals surface area contributed by atoms with Gasteiger partial charge in [-0.25, -0.2) is 0 Å². The summed E-state index contributed by atoms with van der Waals surface area (Å²) in [6.07, 6.45) is 1.67. The summed E-state index contributed by atoms with van der Waals surface area (Å²) >= 11 is 3.41. The number of rotatable bonds is 4. The van der Waals surface area contributed by atoms with E-state index in [1.165, 1.54) is 0 Å². The molecule has 124 valence electrons. The lowest BCUT2D eigenvalue weighted by atomic mass is 10.1. The first kappa shape index (κ1) is 15.6. The summed E-state index contributed by atoms with van der Waals surface area (Å²) < 4.78 is 11.7. The second-order valence-electron chi connectivity index (χ2n) is 5.32. The van der Waals surface area contributed by atoms with E-state index < -0.39 is 0 Å². The van der Waals surface area contributed by atoms with Crippen molar-refractivity contribution in [2.24, 2.45) is 0 Å². The van der Waals surface area contributed by atoms with Crippen LogP contribution in [0.1, 0.15) is 0 Å². The molecule has 0 saturated carbocycles. The van der Waals surface area contributed by atoms with Gasteiger partial charge in [0.1, 0.15) is 5.75 Å². The molecule has 0 saturated heterocycles. The van der Waals surface area contributed by atoms with E-state index in [1.807, 2.05) is 48.5 Å². The van der Waals surface area contributed by atoms with Crippen LogP contribution in [0.5, 0.6) is 5.75 Å². The Kier molecular flexibility index (Phi) is 4.07. The van der Waals surface area contributed by atoms with Crippen LogP contribution in [0.2, 0.25) is 0 Å². The summed E-state index contributed by atoms with van der Waals surface area (Å²) in [4.78, 5) is 4.50. The first-order chi connectivity index (χ1) is 12.2. The van der Waals surface area contributed by atoms with Crippen molar-refractivity contribution < 1.29 is 9.26 Å². The standard InChI is InChI=1S/C18H13BrN4O2/c1-24-14-4-2-3-12(9-14)16-15(10-20-22-16)18-21-17(23-25-18)11-5-7-13(19)8-6-11/h2-10H,1H3,(H,20,22). The molecule has 0 radical (unpaired) electrons. The molecule has 0 aliphatic rings. The Balaban J connectivity index is 1.72. The zero-order valence-corrected chi connectivity index (χ0v) is 14.8. The topological polar surface area (TPSA) is 76.8 Å². The molecule has 25 heavy (non-hydrogen) atoms. The van der Waals surface area contributed by atoms with Crippen LogP contribution in [0.25, 0.3) is 34.1 Å². The predicted octanol–water partition coefficient (Wildman–Crippen LogP) is 4.56. The molecule has 6 nitrogen and oxygen atoms in total. The van der Waals surface area contributed by atoms with Crippen LogP contribution in [0, 0.1) is 0 Å². The van der Waals surface area contributed by atoms with E-state index in [2.05, 4.69) is 36.3 Å². The van der Waals surface area contributed by atoms with Crippen molar-refractivity contribution in [2.75, 3.05) is 7.11 Å². The molecule has 0 aliphatic carbocycles. The van der Waals surface area contributed by atoms with Gasteiger partial charge in [0.15, 0.2) is 0 Å². The highest BCUT2D eigenvalue weighted by molar-refractivity contribution is 9.10. The molecule has 0 amide bonds. The average molecular weight is 397 g/mol. The van der Waals surface area contributed by atoms with Gasteiger partial charge in [0.05, 0.1) is 24.6 Å². The molecule has 2 aromatic carbocycles. The van der Waals surface area contributed by atoms with E-state index in [4.69, 9.17) is 9.26 Å². The molecule has 0 bridgehead atoms. The zero-order chi connectivity index (χ0) is 17.2. The lowest BCUT2D eigenvalue weighted by Crippen LogP contribution is -1.86. The van der Waals surface area contributed by atoms with Gasteiger partial charge in [-0.3, -0.25) is 5.10 Å². The summed E-state index contributed by atoms with van der Waals surface area (Å²) in [5.41, 5.74) is 3.34. The molecular weight excluding hydrogens is 384 g/mol. The summed E-state index contributed by atoms with van der Waals surface area (Å²) in [5.74, 6) is 1.70. The molecule has 1 N–H and O–H groups in total. The molecule has 2 heterocycles. The average Bonchev–Trinajstić information content (AvgIpc) is 3.31. The highest BCUT2D eigenvalue weighted by Crippen LogP contribution is 2.32. The van der Waals surface area contributed by atoms with Crippen LogP contribution in [0.15, 0.2) is 63.7 Å². The van der Waals surface area contributed by atoms with Gasteiger partial charge in [-0.15, -0.1) is 0 Å². The molecule has 4 rings (SSSR count). The third kappa shape index (κ3) is 3.06. The van der Waals surface area contributed by atoms with Crippen molar-refractivity contribution in [3.63, 3.8) is 0 Å². The van der Waals surface area contributed by atoms with Crippen molar-refractivity contribution in [2.45, 2.75) is 0 Å². The fourth-order valence-electron chi connectivity index (χ4n) is 2.50. The minimum atomic E-state index is 0.407. The monoisotopic (exact) mass is 396 g/mol. The molecule has 0 spiro atoms. The lowest BCUT2D eigenvalue weighted by molar-refractivity contribution is 0.415. The smallest absolute Gasteiger partial charge is 0.262 e. The van der Waals surface area contributed by atoms with E-state index in [0.29, 0.717) is 11.7 Å². The number of nitrogens with one attached hydrogen (secondary N) is 1. The van der Waals surface area contributed by atoms with Gasteiger partial charge in [0.2, 0.25) is 5.82 Å². The van der Waals surface area contributed by atoms with Crippen LogP contribution >= 0.6 is 15.9 Å². The molecule has 0 aliphatic heterocycles. The molecule has 0 unspecified atom stereocenters. The molecule has 4 aromatic rings. The van der Waals surface area contributed by atoms with Gasteiger partial charge in [-0.1, -0.05) is 33.2 Å². The summed E-state index contributed by atoms with van der Waals surface area (Å²) in [6.45, 7) is 0. The number of halogens is 1. The third-order valence-corrected chi connectivity index (χ3v) is 4.29. The predicted molar refractivity (Wildman–Crippen MR) is 97.0 cm³/mol.